The molecule has 0 heterocycles. The number of benzene rings is 2. The number of nitrogens with one attached hydrogen (secondary N) is 2. The van der Waals surface area contributed by atoms with E-state index in [-0.39, 0.29) is 28.4 Å². The number of amides is 1. The summed E-state index contributed by atoms with van der Waals surface area (Å²) in [6.45, 7) is 1.92. The molecule has 0 unspecified atom stereocenters. The smallest absolute Gasteiger partial charge is 0.422 e. The molecule has 2 aromatic rings. The third-order valence-corrected chi connectivity index (χ3v) is 5.17. The zero-order valence-corrected chi connectivity index (χ0v) is 15.9. The lowest BCUT2D eigenvalue weighted by Gasteiger charge is -2.15. The van der Waals surface area contributed by atoms with E-state index in [0.29, 0.717) is 5.56 Å². The monoisotopic (exact) mass is 416 g/mol. The van der Waals surface area contributed by atoms with Crippen LogP contribution in [0.15, 0.2) is 47.4 Å². The van der Waals surface area contributed by atoms with Crippen LogP contribution in [0.5, 0.6) is 5.75 Å². The lowest BCUT2D eigenvalue weighted by Crippen LogP contribution is -2.24. The number of anilines is 1. The minimum absolute atomic E-state index is 0.0380. The van der Waals surface area contributed by atoms with Crippen LogP contribution in [0, 0.1) is 6.92 Å². The molecule has 0 saturated heterocycles. The van der Waals surface area contributed by atoms with Gasteiger partial charge in [0.15, 0.2) is 6.61 Å². The number of para-hydroxylation sites is 2. The lowest BCUT2D eigenvalue weighted by atomic mass is 10.1. The van der Waals surface area contributed by atoms with Crippen molar-refractivity contribution in [1.82, 2.24) is 4.72 Å². The molecule has 0 radical (unpaired) electrons. The van der Waals surface area contributed by atoms with E-state index in [0.717, 1.165) is 0 Å². The van der Waals surface area contributed by atoms with Crippen LogP contribution in [0.3, 0.4) is 0 Å². The molecule has 0 aliphatic heterocycles. The number of aryl methyl sites for hydroxylation is 1. The summed E-state index contributed by atoms with van der Waals surface area (Å²) in [5.74, 6) is -0.823. The zero-order valence-electron chi connectivity index (χ0n) is 15.1. The number of alkyl halides is 3. The molecule has 0 spiro atoms. The quantitative estimate of drug-likeness (QED) is 0.724. The summed E-state index contributed by atoms with van der Waals surface area (Å²) in [7, 11) is -3.77. The van der Waals surface area contributed by atoms with Crippen molar-refractivity contribution in [2.45, 2.75) is 24.9 Å². The highest BCUT2D eigenvalue weighted by Crippen LogP contribution is 2.27. The van der Waals surface area contributed by atoms with Crippen LogP contribution in [0.25, 0.3) is 0 Å². The fourth-order valence-corrected chi connectivity index (χ4v) is 3.40. The van der Waals surface area contributed by atoms with Crippen LogP contribution >= 0.6 is 0 Å². The summed E-state index contributed by atoms with van der Waals surface area (Å²) in [5.41, 5.74) is 0.613. The van der Waals surface area contributed by atoms with E-state index >= 15 is 0 Å². The summed E-state index contributed by atoms with van der Waals surface area (Å²) in [6.07, 6.45) is -4.53. The molecule has 1 amide bonds. The number of hydrogen-bond donors (Lipinski definition) is 2. The molecule has 0 aliphatic carbocycles. The maximum atomic E-state index is 12.6. The molecule has 6 nitrogen and oxygen atoms in total. The van der Waals surface area contributed by atoms with Gasteiger partial charge in [0.25, 0.3) is 5.91 Å². The van der Waals surface area contributed by atoms with Crippen LogP contribution in [0.4, 0.5) is 18.9 Å². The first-order valence-electron chi connectivity index (χ1n) is 8.24. The number of ether oxygens (including phenoxy) is 1. The maximum Gasteiger partial charge on any atom is 0.422 e. The highest BCUT2D eigenvalue weighted by molar-refractivity contribution is 7.89. The average Bonchev–Trinajstić information content (AvgIpc) is 2.60. The van der Waals surface area contributed by atoms with Crippen molar-refractivity contribution in [1.29, 1.82) is 0 Å². The summed E-state index contributed by atoms with van der Waals surface area (Å²) in [4.78, 5) is 12.5. The summed E-state index contributed by atoms with van der Waals surface area (Å²) >= 11 is 0. The molecule has 2 N–H and O–H groups in total. The third kappa shape index (κ3) is 5.70. The van der Waals surface area contributed by atoms with Gasteiger partial charge in [0, 0.05) is 12.1 Å². The predicted octanol–water partition coefficient (Wildman–Crippen LogP) is 3.49. The normalized spacial score (nSPS) is 11.9. The topological polar surface area (TPSA) is 84.5 Å². The molecule has 0 aromatic heterocycles. The van der Waals surface area contributed by atoms with Gasteiger partial charge in [-0.3, -0.25) is 4.79 Å². The van der Waals surface area contributed by atoms with Crippen molar-refractivity contribution in [3.63, 3.8) is 0 Å². The number of hydrogen-bond acceptors (Lipinski definition) is 4. The van der Waals surface area contributed by atoms with Gasteiger partial charge in [-0.15, -0.1) is 0 Å². The molecule has 152 valence electrons. The Hall–Kier alpha value is -2.59. The Bertz CT molecular complexity index is 960. The van der Waals surface area contributed by atoms with Gasteiger partial charge in [-0.2, -0.15) is 13.2 Å². The van der Waals surface area contributed by atoms with Crippen molar-refractivity contribution >= 4 is 21.6 Å². The highest BCUT2D eigenvalue weighted by Gasteiger charge is 2.29. The first-order valence-corrected chi connectivity index (χ1v) is 9.72. The molecule has 2 rings (SSSR count). The minimum Gasteiger partial charge on any atom is -0.482 e. The molecule has 28 heavy (non-hydrogen) atoms. The van der Waals surface area contributed by atoms with E-state index in [1.54, 1.807) is 13.8 Å². The number of rotatable bonds is 7. The van der Waals surface area contributed by atoms with Crippen molar-refractivity contribution in [3.8, 4) is 5.75 Å². The van der Waals surface area contributed by atoms with E-state index in [2.05, 4.69) is 10.0 Å². The van der Waals surface area contributed by atoms with Gasteiger partial charge >= 0.3 is 6.18 Å². The van der Waals surface area contributed by atoms with Gasteiger partial charge in [0.2, 0.25) is 10.0 Å². The molecule has 0 saturated carbocycles. The number of sulfonamides is 1. The lowest BCUT2D eigenvalue weighted by molar-refractivity contribution is -0.153. The largest absolute Gasteiger partial charge is 0.482 e. The summed E-state index contributed by atoms with van der Waals surface area (Å²) in [6, 6.07) is 9.72. The molecule has 0 atom stereocenters. The van der Waals surface area contributed by atoms with Crippen LogP contribution in [-0.4, -0.2) is 33.7 Å². The van der Waals surface area contributed by atoms with Gasteiger partial charge in [-0.1, -0.05) is 25.1 Å². The van der Waals surface area contributed by atoms with Gasteiger partial charge in [-0.05, 0) is 36.8 Å². The minimum atomic E-state index is -4.53. The van der Waals surface area contributed by atoms with Crippen molar-refractivity contribution in [3.05, 3.63) is 53.6 Å². The van der Waals surface area contributed by atoms with E-state index in [1.165, 1.54) is 42.5 Å². The van der Waals surface area contributed by atoms with Gasteiger partial charge in [-0.25, -0.2) is 13.1 Å². The second-order valence-electron chi connectivity index (χ2n) is 5.83. The Morgan fingerprint density at radius 2 is 1.82 bits per heavy atom. The molecule has 0 aliphatic rings. The maximum absolute atomic E-state index is 12.6. The summed E-state index contributed by atoms with van der Waals surface area (Å²) < 4.78 is 68.5. The fraction of sp³-hybridized carbons (Fsp3) is 0.278. The Labute approximate surface area is 160 Å². The Kier molecular flexibility index (Phi) is 6.68. The van der Waals surface area contributed by atoms with Gasteiger partial charge in [0.1, 0.15) is 5.75 Å². The van der Waals surface area contributed by atoms with Crippen molar-refractivity contribution < 1.29 is 31.1 Å². The number of carbonyl (C=O) groups excluding carboxylic acids is 1. The highest BCUT2D eigenvalue weighted by atomic mass is 32.2. The molecule has 0 fully saturated rings. The number of carbonyl (C=O) groups is 1. The van der Waals surface area contributed by atoms with E-state index in [4.69, 9.17) is 4.74 Å². The number of halogens is 3. The zero-order chi connectivity index (χ0) is 20.9. The van der Waals surface area contributed by atoms with Crippen LogP contribution in [-0.2, 0) is 10.0 Å². The SMILES string of the molecule is CCNS(=O)(=O)c1ccc(C)c(C(=O)Nc2ccccc2OCC(F)(F)F)c1. The van der Waals surface area contributed by atoms with Crippen molar-refractivity contribution in [2.75, 3.05) is 18.5 Å². The molecular formula is C18H19F3N2O4S. The second kappa shape index (κ2) is 8.61. The van der Waals surface area contributed by atoms with Gasteiger partial charge in [0.05, 0.1) is 10.6 Å². The predicted molar refractivity (Wildman–Crippen MR) is 98.0 cm³/mol. The van der Waals surface area contributed by atoms with Gasteiger partial charge < -0.3 is 10.1 Å². The Morgan fingerprint density at radius 1 is 1.14 bits per heavy atom. The van der Waals surface area contributed by atoms with Crippen LogP contribution < -0.4 is 14.8 Å². The second-order valence-corrected chi connectivity index (χ2v) is 7.60. The molecule has 2 aromatic carbocycles. The molecule has 0 bridgehead atoms. The van der Waals surface area contributed by atoms with E-state index in [9.17, 15) is 26.4 Å². The van der Waals surface area contributed by atoms with E-state index in [1.807, 2.05) is 0 Å². The Morgan fingerprint density at radius 3 is 2.46 bits per heavy atom. The van der Waals surface area contributed by atoms with Crippen LogP contribution in [0.1, 0.15) is 22.8 Å². The third-order valence-electron chi connectivity index (χ3n) is 3.62. The average molecular weight is 416 g/mol. The van der Waals surface area contributed by atoms with E-state index < -0.39 is 28.7 Å². The summed E-state index contributed by atoms with van der Waals surface area (Å²) in [5, 5.41) is 2.47. The molecule has 10 heteroatoms. The Balaban J connectivity index is 2.29. The van der Waals surface area contributed by atoms with Crippen molar-refractivity contribution in [2.24, 2.45) is 0 Å². The first-order chi connectivity index (χ1) is 13.0. The first kappa shape index (κ1) is 21.7. The fourth-order valence-electron chi connectivity index (χ4n) is 2.33. The standard InChI is InChI=1S/C18H19F3N2O4S/c1-3-22-28(25,26)13-9-8-12(2)14(10-13)17(24)23-15-6-4-5-7-16(15)27-11-18(19,20)21/h4-10,22H,3,11H2,1-2H3,(H,23,24). The molecular weight excluding hydrogens is 397 g/mol. The van der Waals surface area contributed by atoms with Crippen LogP contribution in [0.2, 0.25) is 0 Å².